The number of hydrogen-bond acceptors (Lipinski definition) is 4. The lowest BCUT2D eigenvalue weighted by molar-refractivity contribution is -0.121. The number of carbonyl (C=O) groups is 2. The number of aromatic nitrogens is 2. The highest BCUT2D eigenvalue weighted by atomic mass is 32.2. The Morgan fingerprint density at radius 2 is 1.75 bits per heavy atom. The molecule has 0 spiro atoms. The maximum atomic E-state index is 12.1. The second-order valence-corrected chi connectivity index (χ2v) is 6.46. The Bertz CT molecular complexity index is 830. The molecule has 2 aromatic carbocycles. The minimum absolute atomic E-state index is 0.301. The standard InChI is InChI=1S/C17H16N4O2S/c1-11(24-17-18-13-9-5-6-10-14(13)19-17)15(22)20-21-16(23)12-7-3-2-4-8-12/h2-11H,1H3,(H,18,19)(H,20,22)(H,21,23). The fourth-order valence-corrected chi connectivity index (χ4v) is 2.91. The summed E-state index contributed by atoms with van der Waals surface area (Å²) < 4.78 is 0. The van der Waals surface area contributed by atoms with Gasteiger partial charge in [0.2, 0.25) is 0 Å². The molecule has 3 aromatic rings. The predicted molar refractivity (Wildman–Crippen MR) is 93.5 cm³/mol. The Labute approximate surface area is 143 Å². The maximum absolute atomic E-state index is 12.1. The third kappa shape index (κ3) is 3.75. The van der Waals surface area contributed by atoms with Crippen LogP contribution in [0.5, 0.6) is 0 Å². The second-order valence-electron chi connectivity index (χ2n) is 5.13. The molecule has 24 heavy (non-hydrogen) atoms. The van der Waals surface area contributed by atoms with E-state index in [4.69, 9.17) is 0 Å². The van der Waals surface area contributed by atoms with E-state index < -0.39 is 5.25 Å². The zero-order valence-corrected chi connectivity index (χ0v) is 13.8. The number of aromatic amines is 1. The van der Waals surface area contributed by atoms with Crippen LogP contribution in [0.4, 0.5) is 0 Å². The largest absolute Gasteiger partial charge is 0.333 e. The predicted octanol–water partition coefficient (Wildman–Crippen LogP) is 2.50. The molecule has 1 unspecified atom stereocenters. The van der Waals surface area contributed by atoms with Gasteiger partial charge in [-0.2, -0.15) is 0 Å². The number of hydrazine groups is 1. The van der Waals surface area contributed by atoms with Crippen molar-refractivity contribution in [3.63, 3.8) is 0 Å². The first-order valence-corrected chi connectivity index (χ1v) is 8.28. The van der Waals surface area contributed by atoms with Gasteiger partial charge in [0.25, 0.3) is 11.8 Å². The van der Waals surface area contributed by atoms with E-state index in [0.717, 1.165) is 11.0 Å². The van der Waals surface area contributed by atoms with E-state index in [1.807, 2.05) is 30.3 Å². The van der Waals surface area contributed by atoms with Crippen LogP contribution < -0.4 is 10.9 Å². The molecular weight excluding hydrogens is 324 g/mol. The number of nitrogens with zero attached hydrogens (tertiary/aromatic N) is 1. The molecule has 1 aromatic heterocycles. The molecule has 122 valence electrons. The van der Waals surface area contributed by atoms with Gasteiger partial charge in [-0.25, -0.2) is 4.98 Å². The van der Waals surface area contributed by atoms with Gasteiger partial charge in [-0.05, 0) is 31.2 Å². The molecule has 0 saturated carbocycles. The lowest BCUT2D eigenvalue weighted by atomic mass is 10.2. The molecule has 7 heteroatoms. The highest BCUT2D eigenvalue weighted by Gasteiger charge is 2.17. The maximum Gasteiger partial charge on any atom is 0.269 e. The van der Waals surface area contributed by atoms with E-state index in [1.165, 1.54) is 11.8 Å². The molecule has 1 atom stereocenters. The van der Waals surface area contributed by atoms with Crippen LogP contribution in [0, 0.1) is 0 Å². The first-order valence-electron chi connectivity index (χ1n) is 7.40. The van der Waals surface area contributed by atoms with Gasteiger partial charge in [-0.15, -0.1) is 0 Å². The molecule has 0 aliphatic heterocycles. The molecule has 0 aliphatic rings. The summed E-state index contributed by atoms with van der Waals surface area (Å²) in [6, 6.07) is 16.4. The van der Waals surface area contributed by atoms with Gasteiger partial charge in [-0.1, -0.05) is 42.1 Å². The van der Waals surface area contributed by atoms with Crippen molar-refractivity contribution in [3.8, 4) is 0 Å². The molecule has 0 radical (unpaired) electrons. The second kappa shape index (κ2) is 7.18. The van der Waals surface area contributed by atoms with Crippen molar-refractivity contribution in [1.82, 2.24) is 20.8 Å². The normalized spacial score (nSPS) is 11.9. The number of para-hydroxylation sites is 2. The molecule has 6 nitrogen and oxygen atoms in total. The number of thioether (sulfide) groups is 1. The Morgan fingerprint density at radius 1 is 1.04 bits per heavy atom. The number of rotatable bonds is 4. The number of nitrogens with one attached hydrogen (secondary N) is 3. The van der Waals surface area contributed by atoms with E-state index in [9.17, 15) is 9.59 Å². The number of imidazole rings is 1. The number of carbonyl (C=O) groups excluding carboxylic acids is 2. The number of H-pyrrole nitrogens is 1. The zero-order chi connectivity index (χ0) is 16.9. The van der Waals surface area contributed by atoms with E-state index in [-0.39, 0.29) is 11.8 Å². The van der Waals surface area contributed by atoms with E-state index >= 15 is 0 Å². The third-order valence-electron chi connectivity index (χ3n) is 3.36. The molecule has 0 bridgehead atoms. The zero-order valence-electron chi connectivity index (χ0n) is 12.9. The van der Waals surface area contributed by atoms with Gasteiger partial charge in [0, 0.05) is 5.56 Å². The fourth-order valence-electron chi connectivity index (χ4n) is 2.09. The summed E-state index contributed by atoms with van der Waals surface area (Å²) in [4.78, 5) is 31.6. The fraction of sp³-hybridized carbons (Fsp3) is 0.118. The van der Waals surface area contributed by atoms with Crippen LogP contribution in [0.3, 0.4) is 0 Å². The molecule has 0 saturated heterocycles. The summed E-state index contributed by atoms with van der Waals surface area (Å²) in [6.45, 7) is 1.75. The summed E-state index contributed by atoms with van der Waals surface area (Å²) in [5.74, 6) is -0.658. The Hall–Kier alpha value is -2.80. The van der Waals surface area contributed by atoms with Crippen LogP contribution in [-0.2, 0) is 4.79 Å². The monoisotopic (exact) mass is 340 g/mol. The first kappa shape index (κ1) is 16.1. The summed E-state index contributed by atoms with van der Waals surface area (Å²) in [5, 5.41) is 0.245. The number of hydrogen-bond donors (Lipinski definition) is 3. The van der Waals surface area contributed by atoms with Crippen LogP contribution in [0.25, 0.3) is 11.0 Å². The topological polar surface area (TPSA) is 86.9 Å². The van der Waals surface area contributed by atoms with Crippen molar-refractivity contribution in [2.45, 2.75) is 17.3 Å². The van der Waals surface area contributed by atoms with Crippen LogP contribution in [0.2, 0.25) is 0 Å². The Balaban J connectivity index is 1.55. The average Bonchev–Trinajstić information content (AvgIpc) is 3.02. The van der Waals surface area contributed by atoms with Crippen molar-refractivity contribution in [1.29, 1.82) is 0 Å². The summed E-state index contributed by atoms with van der Waals surface area (Å²) in [7, 11) is 0. The van der Waals surface area contributed by atoms with Gasteiger partial charge in [0.15, 0.2) is 5.16 Å². The van der Waals surface area contributed by atoms with Gasteiger partial charge in [-0.3, -0.25) is 20.4 Å². The summed E-state index contributed by atoms with van der Waals surface area (Å²) in [6.07, 6.45) is 0. The number of fused-ring (bicyclic) bond motifs is 1. The number of amides is 2. The Morgan fingerprint density at radius 3 is 2.50 bits per heavy atom. The molecule has 1 heterocycles. The molecule has 0 fully saturated rings. The van der Waals surface area contributed by atoms with E-state index in [1.54, 1.807) is 31.2 Å². The van der Waals surface area contributed by atoms with Gasteiger partial charge in [0.1, 0.15) is 0 Å². The minimum Gasteiger partial charge on any atom is -0.333 e. The van der Waals surface area contributed by atoms with Crippen molar-refractivity contribution >= 4 is 34.6 Å². The third-order valence-corrected chi connectivity index (χ3v) is 4.34. The van der Waals surface area contributed by atoms with Gasteiger partial charge >= 0.3 is 0 Å². The quantitative estimate of drug-likeness (QED) is 0.503. The van der Waals surface area contributed by atoms with Gasteiger partial charge < -0.3 is 4.98 Å². The van der Waals surface area contributed by atoms with E-state index in [0.29, 0.717) is 10.7 Å². The van der Waals surface area contributed by atoms with Gasteiger partial charge in [0.05, 0.1) is 16.3 Å². The lowest BCUT2D eigenvalue weighted by Crippen LogP contribution is -2.44. The highest BCUT2D eigenvalue weighted by molar-refractivity contribution is 8.00. The summed E-state index contributed by atoms with van der Waals surface area (Å²) >= 11 is 1.29. The molecular formula is C17H16N4O2S. The van der Waals surface area contributed by atoms with Crippen molar-refractivity contribution < 1.29 is 9.59 Å². The van der Waals surface area contributed by atoms with Crippen molar-refractivity contribution in [2.24, 2.45) is 0 Å². The van der Waals surface area contributed by atoms with E-state index in [2.05, 4.69) is 20.8 Å². The SMILES string of the molecule is CC(Sc1nc2ccccc2[nH]1)C(=O)NNC(=O)c1ccccc1. The average molecular weight is 340 g/mol. The van der Waals surface area contributed by atoms with Crippen LogP contribution in [-0.4, -0.2) is 27.0 Å². The molecule has 0 aliphatic carbocycles. The molecule has 3 N–H and O–H groups in total. The van der Waals surface area contributed by atoms with Crippen LogP contribution in [0.15, 0.2) is 59.8 Å². The summed E-state index contributed by atoms with van der Waals surface area (Å²) in [5.41, 5.74) is 7.10. The molecule has 2 amide bonds. The van der Waals surface area contributed by atoms with Crippen LogP contribution in [0.1, 0.15) is 17.3 Å². The van der Waals surface area contributed by atoms with Crippen molar-refractivity contribution in [2.75, 3.05) is 0 Å². The smallest absolute Gasteiger partial charge is 0.269 e. The van der Waals surface area contributed by atoms with Crippen LogP contribution >= 0.6 is 11.8 Å². The highest BCUT2D eigenvalue weighted by Crippen LogP contribution is 2.23. The molecule has 3 rings (SSSR count). The Kier molecular flexibility index (Phi) is 4.81. The lowest BCUT2D eigenvalue weighted by Gasteiger charge is -2.11. The van der Waals surface area contributed by atoms with Crippen molar-refractivity contribution in [3.05, 3.63) is 60.2 Å². The number of benzene rings is 2. The first-order chi connectivity index (χ1) is 11.6. The minimum atomic E-state index is -0.415.